The topological polar surface area (TPSA) is 224 Å². The van der Waals surface area contributed by atoms with Gasteiger partial charge in [0.1, 0.15) is 29.1 Å². The average Bonchev–Trinajstić information content (AvgIpc) is 4.15. The number of pyridine rings is 2. The molecule has 81 heavy (non-hydrogen) atoms. The molecule has 4 fully saturated rings. The number of likely N-dealkylation sites (tertiary alicyclic amines) is 1. The highest BCUT2D eigenvalue weighted by atomic mass is 35.5. The zero-order valence-corrected chi connectivity index (χ0v) is 47.4. The first-order valence-electron chi connectivity index (χ1n) is 26.8. The minimum absolute atomic E-state index is 0. The summed E-state index contributed by atoms with van der Waals surface area (Å²) in [5, 5.41) is 11.2. The smallest absolute Gasteiger partial charge is 0.410 e. The number of benzene rings is 2. The van der Waals surface area contributed by atoms with Gasteiger partial charge in [-0.25, -0.2) is 34.3 Å². The Labute approximate surface area is 480 Å². The van der Waals surface area contributed by atoms with Crippen LogP contribution in [0, 0.1) is 11.8 Å². The molecule has 4 aliphatic rings. The van der Waals surface area contributed by atoms with Gasteiger partial charge in [-0.05, 0) is 131 Å². The quantitative estimate of drug-likeness (QED) is 0.0533. The average molecular weight is 1140 g/mol. The SMILES string of the molecule is C=CC(=O)O[C@@H]1CN(C(=O)OC(C)(C)C)C[C@@H]1NC(=O)c1ccc2c(c1)nc(-c1cc3cccnc3n1CC1CC1)n2C.C=CC(=O)O[C@@H]1CNC[C@@H]1NC(=O)c1ccc2c(c1)nc(-c1cc3cccnc3n1CC1CC1)n2C.Cl.Cl. The summed E-state index contributed by atoms with van der Waals surface area (Å²) in [6.45, 7) is 15.3. The van der Waals surface area contributed by atoms with E-state index >= 15 is 0 Å². The van der Waals surface area contributed by atoms with Crippen LogP contribution in [0.15, 0.2) is 111 Å². The Morgan fingerprint density at radius 1 is 0.654 bits per heavy atom. The molecule has 8 aromatic rings. The number of amides is 3. The Balaban J connectivity index is 0.000000194. The predicted octanol–water partition coefficient (Wildman–Crippen LogP) is 8.09. The van der Waals surface area contributed by atoms with E-state index in [0.717, 1.165) is 86.9 Å². The molecule has 2 aromatic carbocycles. The lowest BCUT2D eigenvalue weighted by molar-refractivity contribution is -0.143. The summed E-state index contributed by atoms with van der Waals surface area (Å²) >= 11 is 0. The number of rotatable bonds is 14. The second kappa shape index (κ2) is 23.6. The van der Waals surface area contributed by atoms with E-state index in [4.69, 9.17) is 24.2 Å². The van der Waals surface area contributed by atoms with Crippen molar-refractivity contribution in [3.05, 3.63) is 122 Å². The van der Waals surface area contributed by atoms with Crippen molar-refractivity contribution >= 4 is 98.8 Å². The highest BCUT2D eigenvalue weighted by molar-refractivity contribution is 5.99. The van der Waals surface area contributed by atoms with E-state index in [1.807, 2.05) is 61.4 Å². The van der Waals surface area contributed by atoms with Crippen LogP contribution in [0.5, 0.6) is 0 Å². The van der Waals surface area contributed by atoms with Gasteiger partial charge >= 0.3 is 18.0 Å². The van der Waals surface area contributed by atoms with E-state index in [2.05, 4.69) is 77.0 Å². The number of hydrogen-bond acceptors (Lipinski definition) is 13. The molecule has 6 aromatic heterocycles. The number of carbonyl (C=O) groups excluding carboxylic acids is 5. The molecule has 12 rings (SSSR count). The van der Waals surface area contributed by atoms with Crippen molar-refractivity contribution in [1.29, 1.82) is 0 Å². The minimum atomic E-state index is -0.755. The second-order valence-electron chi connectivity index (χ2n) is 22.0. The lowest BCUT2D eigenvalue weighted by Crippen LogP contribution is -2.44. The Hall–Kier alpha value is -8.07. The predicted molar refractivity (Wildman–Crippen MR) is 312 cm³/mol. The minimum Gasteiger partial charge on any atom is -0.456 e. The standard InChI is InChI=1S/C32H36N6O5.C27H28N6O3.2ClH/c1-6-27(39)42-26-18-37(31(41)43-32(2,3)4)17-23(26)35-30(40)21-11-12-24-22(14-21)34-29(36(24)5)25-15-20-8-7-13-33-28(20)38(25)16-19-9-10-19;1-3-24(34)36-23-14-28-13-20(23)31-27(35)18-8-9-21-19(11-18)30-26(32(21)2)22-12-17-5-4-10-29-25(17)33(22)15-16-6-7-16;;/h6-8,11-15,19,23,26H,1,9-10,16-18H2,2-5H3,(H,35,40);3-5,8-12,16,20,23,28H,1,6-7,13-15H2,2H3,(H,31,35);2*1H/t23-,26+;20-,23+;;/m00../s1. The molecular weight excluding hydrogens is 1080 g/mol. The van der Waals surface area contributed by atoms with Crippen molar-refractivity contribution in [2.75, 3.05) is 26.2 Å². The zero-order chi connectivity index (χ0) is 55.3. The molecule has 2 aliphatic carbocycles. The zero-order valence-electron chi connectivity index (χ0n) is 45.8. The van der Waals surface area contributed by atoms with Gasteiger partial charge < -0.3 is 53.3 Å². The molecular formula is C59H66Cl2N12O8. The van der Waals surface area contributed by atoms with Crippen LogP contribution in [-0.2, 0) is 51.0 Å². The Bertz CT molecular complexity index is 3740. The van der Waals surface area contributed by atoms with Crippen LogP contribution in [0.1, 0.15) is 67.2 Å². The molecule has 20 nitrogen and oxygen atoms in total. The second-order valence-corrected chi connectivity index (χ2v) is 22.0. The molecule has 3 N–H and O–H groups in total. The van der Waals surface area contributed by atoms with Gasteiger partial charge in [0.15, 0.2) is 11.6 Å². The van der Waals surface area contributed by atoms with Gasteiger partial charge in [-0.3, -0.25) is 9.59 Å². The maximum atomic E-state index is 13.5. The highest BCUT2D eigenvalue weighted by Gasteiger charge is 2.41. The van der Waals surface area contributed by atoms with Gasteiger partial charge in [-0.2, -0.15) is 0 Å². The van der Waals surface area contributed by atoms with E-state index < -0.39 is 41.9 Å². The molecule has 424 valence electrons. The molecule has 2 aliphatic heterocycles. The van der Waals surface area contributed by atoms with Gasteiger partial charge in [0.25, 0.3) is 11.8 Å². The molecule has 2 saturated carbocycles. The molecule has 0 bridgehead atoms. The first-order chi connectivity index (χ1) is 38.0. The third-order valence-electron chi connectivity index (χ3n) is 14.9. The van der Waals surface area contributed by atoms with Crippen LogP contribution in [0.4, 0.5) is 4.79 Å². The number of ether oxygens (including phenoxy) is 3. The van der Waals surface area contributed by atoms with E-state index in [1.54, 1.807) is 39.0 Å². The van der Waals surface area contributed by atoms with Crippen LogP contribution >= 0.6 is 24.8 Å². The number of halogens is 2. The van der Waals surface area contributed by atoms with Crippen molar-refractivity contribution in [2.24, 2.45) is 25.9 Å². The number of carbonyl (C=O) groups is 5. The van der Waals surface area contributed by atoms with Crippen molar-refractivity contribution in [1.82, 2.24) is 59.1 Å². The summed E-state index contributed by atoms with van der Waals surface area (Å²) in [5.41, 5.74) is 7.42. The summed E-state index contributed by atoms with van der Waals surface area (Å²) in [6, 6.07) is 22.3. The summed E-state index contributed by atoms with van der Waals surface area (Å²) in [7, 11) is 3.97. The number of aryl methyl sites for hydroxylation is 2. The van der Waals surface area contributed by atoms with Gasteiger partial charge in [0.2, 0.25) is 0 Å². The number of esters is 2. The molecule has 8 heterocycles. The van der Waals surface area contributed by atoms with Crippen LogP contribution in [0.3, 0.4) is 0 Å². The molecule has 0 radical (unpaired) electrons. The molecule has 3 amide bonds. The third-order valence-corrected chi connectivity index (χ3v) is 14.9. The van der Waals surface area contributed by atoms with Crippen molar-refractivity contribution < 1.29 is 38.2 Å². The molecule has 22 heteroatoms. The Morgan fingerprint density at radius 2 is 1.14 bits per heavy atom. The Kier molecular flexibility index (Phi) is 16.8. The lowest BCUT2D eigenvalue weighted by atomic mass is 10.1. The molecule has 2 saturated heterocycles. The van der Waals surface area contributed by atoms with Crippen LogP contribution in [0.2, 0.25) is 0 Å². The van der Waals surface area contributed by atoms with Gasteiger partial charge in [0.05, 0.1) is 52.1 Å². The summed E-state index contributed by atoms with van der Waals surface area (Å²) < 4.78 is 25.0. The first kappa shape index (κ1) is 57.6. The van der Waals surface area contributed by atoms with Gasteiger partial charge in [-0.15, -0.1) is 24.8 Å². The fraction of sp³-hybridized carbons (Fsp3) is 0.373. The number of hydrogen-bond donors (Lipinski definition) is 3. The van der Waals surface area contributed by atoms with Crippen molar-refractivity contribution in [3.8, 4) is 23.0 Å². The number of imidazole rings is 2. The van der Waals surface area contributed by atoms with E-state index in [-0.39, 0.29) is 55.8 Å². The number of fused-ring (bicyclic) bond motifs is 4. The van der Waals surface area contributed by atoms with Crippen LogP contribution in [-0.4, -0.2) is 129 Å². The maximum absolute atomic E-state index is 13.5. The van der Waals surface area contributed by atoms with E-state index in [0.29, 0.717) is 41.6 Å². The highest BCUT2D eigenvalue weighted by Crippen LogP contribution is 2.38. The fourth-order valence-electron chi connectivity index (χ4n) is 10.5. The fourth-order valence-corrected chi connectivity index (χ4v) is 10.5. The van der Waals surface area contributed by atoms with Crippen LogP contribution < -0.4 is 16.0 Å². The molecule has 0 unspecified atom stereocenters. The lowest BCUT2D eigenvalue weighted by Gasteiger charge is -2.24. The normalized spacial score (nSPS) is 18.6. The van der Waals surface area contributed by atoms with Gasteiger partial charge in [-0.1, -0.05) is 13.2 Å². The maximum Gasteiger partial charge on any atom is 0.410 e. The largest absolute Gasteiger partial charge is 0.456 e. The molecule has 0 spiro atoms. The monoisotopic (exact) mass is 1140 g/mol. The first-order valence-corrected chi connectivity index (χ1v) is 26.8. The number of aromatic nitrogens is 8. The number of nitrogens with one attached hydrogen (secondary N) is 3. The third kappa shape index (κ3) is 12.3. The van der Waals surface area contributed by atoms with Crippen LogP contribution in [0.25, 0.3) is 67.2 Å². The van der Waals surface area contributed by atoms with Crippen molar-refractivity contribution in [2.45, 2.75) is 89.4 Å². The van der Waals surface area contributed by atoms with Crippen molar-refractivity contribution in [3.63, 3.8) is 0 Å². The van der Waals surface area contributed by atoms with Gasteiger partial charge in [0, 0.05) is 93.3 Å². The summed E-state index contributed by atoms with van der Waals surface area (Å²) in [4.78, 5) is 83.5. The summed E-state index contributed by atoms with van der Waals surface area (Å²) in [6.07, 6.45) is 9.03. The van der Waals surface area contributed by atoms with E-state index in [1.165, 1.54) is 30.6 Å². The number of nitrogens with zero attached hydrogens (tertiary/aromatic N) is 9. The summed E-state index contributed by atoms with van der Waals surface area (Å²) in [5.74, 6) is 1.25. The Morgan fingerprint density at radius 3 is 1.60 bits per heavy atom. The molecule has 4 atom stereocenters. The van der Waals surface area contributed by atoms with E-state index in [9.17, 15) is 24.0 Å².